The maximum atomic E-state index is 11.8. The predicted octanol–water partition coefficient (Wildman–Crippen LogP) is 8.63. The first-order valence-electron chi connectivity index (χ1n) is 12.2. The average molecular weight is 369 g/mol. The minimum Gasteiger partial charge on any atom is -0.785 e. The fourth-order valence-corrected chi connectivity index (χ4v) is 3.66. The third kappa shape index (κ3) is 22.0. The van der Waals surface area contributed by atoms with Gasteiger partial charge in [-0.2, -0.15) is 0 Å². The molecule has 0 bridgehead atoms. The number of nitrogens with zero attached hydrogens (tertiary/aromatic N) is 1. The normalized spacial score (nSPS) is 11.5. The van der Waals surface area contributed by atoms with Crippen LogP contribution in [0.5, 0.6) is 0 Å². The van der Waals surface area contributed by atoms with Gasteiger partial charge in [-0.15, -0.1) is 0 Å². The maximum Gasteiger partial charge on any atom is -0.0145 e. The van der Waals surface area contributed by atoms with E-state index in [2.05, 4.69) is 13.8 Å². The third-order valence-corrected chi connectivity index (χ3v) is 5.52. The molecular formula is C24H50NO-. The molecule has 0 aromatic carbocycles. The molecule has 0 N–H and O–H groups in total. The van der Waals surface area contributed by atoms with Crippen LogP contribution in [-0.2, 0) is 0 Å². The minimum absolute atomic E-state index is 0.758. The van der Waals surface area contributed by atoms with Crippen molar-refractivity contribution in [3.8, 4) is 0 Å². The zero-order valence-electron chi connectivity index (χ0n) is 18.4. The Morgan fingerprint density at radius 3 is 0.885 bits per heavy atom. The van der Waals surface area contributed by atoms with Gasteiger partial charge in [0.05, 0.1) is 0 Å². The van der Waals surface area contributed by atoms with E-state index in [1.165, 1.54) is 121 Å². The molecule has 0 aromatic heterocycles. The van der Waals surface area contributed by atoms with E-state index in [-0.39, 0.29) is 0 Å². The number of rotatable bonds is 22. The molecule has 0 aliphatic rings. The summed E-state index contributed by atoms with van der Waals surface area (Å²) in [4.78, 5) is 0. The summed E-state index contributed by atoms with van der Waals surface area (Å²) in [5.74, 6) is 0. The summed E-state index contributed by atoms with van der Waals surface area (Å²) in [6.45, 7) is 6.06. The lowest BCUT2D eigenvalue weighted by Gasteiger charge is -2.28. The van der Waals surface area contributed by atoms with Crippen LogP contribution in [0, 0.1) is 5.21 Å². The first-order valence-corrected chi connectivity index (χ1v) is 12.2. The molecule has 26 heavy (non-hydrogen) atoms. The lowest BCUT2D eigenvalue weighted by atomic mass is 10.1. The van der Waals surface area contributed by atoms with Crippen LogP contribution in [0.3, 0.4) is 0 Å². The van der Waals surface area contributed by atoms with Crippen LogP contribution in [0.25, 0.3) is 0 Å². The minimum atomic E-state index is 0.758. The van der Waals surface area contributed by atoms with Crippen molar-refractivity contribution in [3.63, 3.8) is 0 Å². The molecule has 0 rings (SSSR count). The van der Waals surface area contributed by atoms with Gasteiger partial charge in [0.2, 0.25) is 0 Å². The van der Waals surface area contributed by atoms with E-state index in [1.807, 2.05) is 0 Å². The van der Waals surface area contributed by atoms with Gasteiger partial charge in [0, 0.05) is 0 Å². The van der Waals surface area contributed by atoms with E-state index in [4.69, 9.17) is 0 Å². The van der Waals surface area contributed by atoms with Gasteiger partial charge in [-0.3, -0.25) is 0 Å². The van der Waals surface area contributed by atoms with Gasteiger partial charge in [-0.05, 0) is 25.9 Å². The lowest BCUT2D eigenvalue weighted by Crippen LogP contribution is -2.18. The third-order valence-electron chi connectivity index (χ3n) is 5.52. The first-order chi connectivity index (χ1) is 12.8. The Labute approximate surface area is 166 Å². The maximum absolute atomic E-state index is 11.8. The smallest absolute Gasteiger partial charge is 0.0145 e. The van der Waals surface area contributed by atoms with Crippen molar-refractivity contribution in [1.29, 1.82) is 0 Å². The molecule has 0 heterocycles. The molecule has 0 fully saturated rings. The molecule has 0 radical (unpaired) electrons. The predicted molar refractivity (Wildman–Crippen MR) is 119 cm³/mol. The summed E-state index contributed by atoms with van der Waals surface area (Å²) >= 11 is 0. The molecule has 158 valence electrons. The second-order valence-corrected chi connectivity index (χ2v) is 8.29. The summed E-state index contributed by atoms with van der Waals surface area (Å²) in [5, 5.41) is 13.1. The summed E-state index contributed by atoms with van der Waals surface area (Å²) < 4.78 is 0. The SMILES string of the molecule is CCCCCCCCCCCCN([O-])CCCCCCCCCCCC. The number of hydroxylamine groups is 2. The molecule has 2 nitrogen and oxygen atoms in total. The fraction of sp³-hybridized carbons (Fsp3) is 1.00. The highest BCUT2D eigenvalue weighted by Gasteiger charge is 1.96. The van der Waals surface area contributed by atoms with E-state index in [9.17, 15) is 5.21 Å². The van der Waals surface area contributed by atoms with Crippen LogP contribution in [0.15, 0.2) is 0 Å². The second kappa shape index (κ2) is 23.0. The van der Waals surface area contributed by atoms with E-state index < -0.39 is 0 Å². The van der Waals surface area contributed by atoms with Gasteiger partial charge in [-0.1, -0.05) is 129 Å². The standard InChI is InChI=1S/C24H50NO/c1-3-5-7-9-11-13-15-17-19-21-23-25(26)24-22-20-18-16-14-12-10-8-6-4-2/h3-24H2,1-2H3/q-1. The molecule has 0 spiro atoms. The largest absolute Gasteiger partial charge is 0.785 e. The highest BCUT2D eigenvalue weighted by atomic mass is 16.5. The van der Waals surface area contributed by atoms with Gasteiger partial charge in [0.15, 0.2) is 0 Å². The summed E-state index contributed by atoms with van der Waals surface area (Å²) in [6, 6.07) is 0. The van der Waals surface area contributed by atoms with Crippen LogP contribution in [-0.4, -0.2) is 18.2 Å². The summed E-state index contributed by atoms with van der Waals surface area (Å²) in [7, 11) is 0. The van der Waals surface area contributed by atoms with Crippen molar-refractivity contribution in [2.24, 2.45) is 0 Å². The molecule has 0 saturated carbocycles. The summed E-state index contributed by atoms with van der Waals surface area (Å²) in [5.41, 5.74) is 0. The molecule has 0 aliphatic heterocycles. The molecule has 0 unspecified atom stereocenters. The van der Waals surface area contributed by atoms with Crippen molar-refractivity contribution < 1.29 is 0 Å². The molecular weight excluding hydrogens is 318 g/mol. The van der Waals surface area contributed by atoms with Crippen molar-refractivity contribution in [3.05, 3.63) is 5.21 Å². The number of unbranched alkanes of at least 4 members (excludes halogenated alkanes) is 18. The molecule has 0 saturated heterocycles. The van der Waals surface area contributed by atoms with E-state index >= 15 is 0 Å². The van der Waals surface area contributed by atoms with Gasteiger partial charge in [0.1, 0.15) is 0 Å². The number of hydrogen-bond acceptors (Lipinski definition) is 2. The topological polar surface area (TPSA) is 26.3 Å². The van der Waals surface area contributed by atoms with E-state index in [0.717, 1.165) is 25.9 Å². The van der Waals surface area contributed by atoms with Gasteiger partial charge < -0.3 is 10.3 Å². The highest BCUT2D eigenvalue weighted by molar-refractivity contribution is 4.58. The van der Waals surface area contributed by atoms with Crippen molar-refractivity contribution in [2.45, 2.75) is 142 Å². The fourth-order valence-electron chi connectivity index (χ4n) is 3.66. The van der Waals surface area contributed by atoms with Gasteiger partial charge in [0.25, 0.3) is 0 Å². The van der Waals surface area contributed by atoms with Gasteiger partial charge in [-0.25, -0.2) is 0 Å². The Bertz CT molecular complexity index is 220. The van der Waals surface area contributed by atoms with Crippen LogP contribution in [0.4, 0.5) is 0 Å². The zero-order chi connectivity index (χ0) is 19.1. The Morgan fingerprint density at radius 2 is 0.615 bits per heavy atom. The van der Waals surface area contributed by atoms with Gasteiger partial charge >= 0.3 is 0 Å². The monoisotopic (exact) mass is 368 g/mol. The number of hydrogen-bond donors (Lipinski definition) is 0. The van der Waals surface area contributed by atoms with Crippen LogP contribution < -0.4 is 0 Å². The van der Waals surface area contributed by atoms with Crippen LogP contribution in [0.1, 0.15) is 142 Å². The first kappa shape index (κ1) is 25.9. The lowest BCUT2D eigenvalue weighted by molar-refractivity contribution is 0.350. The molecule has 2 heteroatoms. The Balaban J connectivity index is 3.12. The van der Waals surface area contributed by atoms with E-state index in [0.29, 0.717) is 0 Å². The summed E-state index contributed by atoms with van der Waals surface area (Å²) in [6.07, 6.45) is 26.8. The van der Waals surface area contributed by atoms with Crippen molar-refractivity contribution in [2.75, 3.05) is 13.1 Å². The van der Waals surface area contributed by atoms with Crippen molar-refractivity contribution in [1.82, 2.24) is 5.06 Å². The van der Waals surface area contributed by atoms with Crippen molar-refractivity contribution >= 4 is 0 Å². The molecule has 0 amide bonds. The molecule has 0 atom stereocenters. The van der Waals surface area contributed by atoms with E-state index in [1.54, 1.807) is 0 Å². The molecule has 0 aliphatic carbocycles. The Kier molecular flexibility index (Phi) is 22.9. The molecule has 0 aromatic rings. The highest BCUT2D eigenvalue weighted by Crippen LogP contribution is 2.12. The van der Waals surface area contributed by atoms with Crippen LogP contribution >= 0.6 is 0 Å². The second-order valence-electron chi connectivity index (χ2n) is 8.29. The quantitative estimate of drug-likeness (QED) is 0.141. The Morgan fingerprint density at radius 1 is 0.385 bits per heavy atom. The zero-order valence-corrected chi connectivity index (χ0v) is 18.4. The Hall–Kier alpha value is -0.0800. The average Bonchev–Trinajstić information content (AvgIpc) is 2.64. The van der Waals surface area contributed by atoms with Crippen LogP contribution in [0.2, 0.25) is 0 Å².